The first kappa shape index (κ1) is 21.4. The largest absolute Gasteiger partial charge is 0.350 e. The molecular formula is C21H29N5O2S. The summed E-state index contributed by atoms with van der Waals surface area (Å²) in [5.74, 6) is -0.642. The van der Waals surface area contributed by atoms with Crippen molar-refractivity contribution in [2.24, 2.45) is 0 Å². The molecule has 2 N–H and O–H groups in total. The Hall–Kier alpha value is -2.32. The molecule has 7 nitrogen and oxygen atoms in total. The topological polar surface area (TPSA) is 87.2 Å². The highest BCUT2D eigenvalue weighted by Crippen LogP contribution is 2.21. The van der Waals surface area contributed by atoms with Crippen LogP contribution in [0.15, 0.2) is 24.3 Å². The lowest BCUT2D eigenvalue weighted by molar-refractivity contribution is 0.0948. The van der Waals surface area contributed by atoms with Gasteiger partial charge in [-0.05, 0) is 51.9 Å². The van der Waals surface area contributed by atoms with Crippen molar-refractivity contribution in [1.82, 2.24) is 20.4 Å². The van der Waals surface area contributed by atoms with Gasteiger partial charge in [-0.2, -0.15) is 0 Å². The molecule has 1 aliphatic rings. The van der Waals surface area contributed by atoms with E-state index in [4.69, 9.17) is 0 Å². The van der Waals surface area contributed by atoms with Gasteiger partial charge in [0, 0.05) is 18.3 Å². The number of benzene rings is 1. The summed E-state index contributed by atoms with van der Waals surface area (Å²) in [5.41, 5.74) is 1.80. The van der Waals surface area contributed by atoms with Crippen LogP contribution in [0.4, 0.5) is 5.69 Å². The number of carbonyl (C=O) groups excluding carboxylic acids is 2. The van der Waals surface area contributed by atoms with E-state index < -0.39 is 0 Å². The fraction of sp³-hybridized carbons (Fsp3) is 0.524. The monoisotopic (exact) mass is 415 g/mol. The molecule has 0 spiro atoms. The van der Waals surface area contributed by atoms with Crippen molar-refractivity contribution in [3.8, 4) is 0 Å². The Morgan fingerprint density at radius 3 is 2.41 bits per heavy atom. The second-order valence-electron chi connectivity index (χ2n) is 7.61. The minimum atomic E-state index is -0.362. The number of carbonyl (C=O) groups is 2. The Bertz CT molecular complexity index is 815. The van der Waals surface area contributed by atoms with Crippen LogP contribution in [0, 0.1) is 6.92 Å². The summed E-state index contributed by atoms with van der Waals surface area (Å²) in [6.45, 7) is 3.53. The van der Waals surface area contributed by atoms with E-state index in [2.05, 4.69) is 32.8 Å². The predicted octanol–water partition coefficient (Wildman–Crippen LogP) is 3.48. The summed E-state index contributed by atoms with van der Waals surface area (Å²) < 4.78 is 0. The van der Waals surface area contributed by atoms with E-state index in [-0.39, 0.29) is 21.8 Å². The summed E-state index contributed by atoms with van der Waals surface area (Å²) >= 11 is 1.00. The van der Waals surface area contributed by atoms with E-state index in [0.717, 1.165) is 29.9 Å². The smallest absolute Gasteiger partial charge is 0.286 e. The third-order valence-corrected chi connectivity index (χ3v) is 6.21. The number of aryl methyl sites for hydroxylation is 1. The predicted molar refractivity (Wildman–Crippen MR) is 115 cm³/mol. The van der Waals surface area contributed by atoms with Crippen LogP contribution in [-0.4, -0.2) is 53.1 Å². The van der Waals surface area contributed by atoms with E-state index in [0.29, 0.717) is 18.3 Å². The molecule has 1 aromatic carbocycles. The zero-order valence-electron chi connectivity index (χ0n) is 17.1. The third-order valence-electron chi connectivity index (χ3n) is 5.29. The molecule has 1 fully saturated rings. The van der Waals surface area contributed by atoms with Crippen LogP contribution in [0.5, 0.6) is 0 Å². The Morgan fingerprint density at radius 1 is 1.07 bits per heavy atom. The van der Waals surface area contributed by atoms with Crippen LogP contribution in [-0.2, 0) is 0 Å². The quantitative estimate of drug-likeness (QED) is 0.645. The molecule has 0 bridgehead atoms. The van der Waals surface area contributed by atoms with Gasteiger partial charge in [0.25, 0.3) is 11.8 Å². The van der Waals surface area contributed by atoms with Gasteiger partial charge in [0.1, 0.15) is 0 Å². The molecule has 0 atom stereocenters. The third kappa shape index (κ3) is 6.33. The molecule has 0 aliphatic heterocycles. The maximum absolute atomic E-state index is 12.3. The molecule has 156 valence electrons. The van der Waals surface area contributed by atoms with Gasteiger partial charge in [0.2, 0.25) is 10.0 Å². The lowest BCUT2D eigenvalue weighted by Gasteiger charge is -2.31. The molecule has 2 aromatic rings. The molecule has 1 aliphatic carbocycles. The second-order valence-corrected chi connectivity index (χ2v) is 8.59. The van der Waals surface area contributed by atoms with Crippen molar-refractivity contribution in [1.29, 1.82) is 0 Å². The molecule has 8 heteroatoms. The molecule has 1 saturated carbocycles. The second kappa shape index (κ2) is 10.5. The van der Waals surface area contributed by atoms with Gasteiger partial charge in [-0.15, -0.1) is 10.2 Å². The highest BCUT2D eigenvalue weighted by atomic mass is 32.1. The van der Waals surface area contributed by atoms with Gasteiger partial charge < -0.3 is 15.5 Å². The van der Waals surface area contributed by atoms with Gasteiger partial charge in [-0.25, -0.2) is 0 Å². The summed E-state index contributed by atoms with van der Waals surface area (Å²) in [6, 6.07) is 8.16. The average Bonchev–Trinajstić information content (AvgIpc) is 3.24. The zero-order chi connectivity index (χ0) is 20.6. The van der Waals surface area contributed by atoms with Crippen molar-refractivity contribution in [3.05, 3.63) is 39.8 Å². The first-order chi connectivity index (χ1) is 14.0. The molecule has 1 aromatic heterocycles. The maximum atomic E-state index is 12.3. The Kier molecular flexibility index (Phi) is 7.71. The molecule has 0 saturated heterocycles. The number of nitrogens with one attached hydrogen (secondary N) is 2. The van der Waals surface area contributed by atoms with E-state index in [9.17, 15) is 9.59 Å². The van der Waals surface area contributed by atoms with Crippen LogP contribution in [0.25, 0.3) is 0 Å². The standard InChI is InChI=1S/C21H29N5O2S/c1-15-9-11-16(12-10-15)23-19(28)21-25-24-20(29-21)18(27)22-13-6-14-26(2)17-7-4-3-5-8-17/h9-12,17H,3-8,13-14H2,1-2H3,(H,22,27)(H,23,28). The fourth-order valence-corrected chi connectivity index (χ4v) is 4.19. The molecule has 3 rings (SSSR count). The number of hydrogen-bond donors (Lipinski definition) is 2. The molecular weight excluding hydrogens is 386 g/mol. The molecule has 29 heavy (non-hydrogen) atoms. The minimum absolute atomic E-state index is 0.174. The number of nitrogens with zero attached hydrogens (tertiary/aromatic N) is 3. The summed E-state index contributed by atoms with van der Waals surface area (Å²) in [4.78, 5) is 27.0. The highest BCUT2D eigenvalue weighted by Gasteiger charge is 2.19. The van der Waals surface area contributed by atoms with Crippen LogP contribution in [0.2, 0.25) is 0 Å². The van der Waals surface area contributed by atoms with Crippen LogP contribution in [0.1, 0.15) is 63.7 Å². The Balaban J connectivity index is 1.41. The number of rotatable bonds is 8. The summed E-state index contributed by atoms with van der Waals surface area (Å²) in [6.07, 6.45) is 7.44. The molecule has 2 amide bonds. The van der Waals surface area contributed by atoms with Crippen molar-refractivity contribution >= 4 is 28.8 Å². The minimum Gasteiger partial charge on any atom is -0.350 e. The molecule has 0 radical (unpaired) electrons. The average molecular weight is 416 g/mol. The number of aromatic nitrogens is 2. The summed E-state index contributed by atoms with van der Waals surface area (Å²) in [5, 5.41) is 13.7. The van der Waals surface area contributed by atoms with E-state index in [1.54, 1.807) is 0 Å². The lowest BCUT2D eigenvalue weighted by atomic mass is 9.94. The van der Waals surface area contributed by atoms with Crippen molar-refractivity contribution in [3.63, 3.8) is 0 Å². The first-order valence-electron chi connectivity index (χ1n) is 10.2. The van der Waals surface area contributed by atoms with E-state index in [1.165, 1.54) is 32.1 Å². The Labute approximate surface area is 175 Å². The number of amides is 2. The van der Waals surface area contributed by atoms with Crippen LogP contribution in [0.3, 0.4) is 0 Å². The SMILES string of the molecule is Cc1ccc(NC(=O)c2nnc(C(=O)NCCCN(C)C3CCCCC3)s2)cc1. The molecule has 0 unspecified atom stereocenters. The first-order valence-corrected chi connectivity index (χ1v) is 11.0. The van der Waals surface area contributed by atoms with Crippen molar-refractivity contribution in [2.75, 3.05) is 25.5 Å². The van der Waals surface area contributed by atoms with Gasteiger partial charge >= 0.3 is 0 Å². The van der Waals surface area contributed by atoms with Crippen molar-refractivity contribution in [2.45, 2.75) is 51.5 Å². The van der Waals surface area contributed by atoms with Gasteiger partial charge in [0.15, 0.2) is 0 Å². The van der Waals surface area contributed by atoms with Crippen LogP contribution < -0.4 is 10.6 Å². The normalized spacial score (nSPS) is 14.7. The highest BCUT2D eigenvalue weighted by molar-refractivity contribution is 7.15. The van der Waals surface area contributed by atoms with Gasteiger partial charge in [0.05, 0.1) is 0 Å². The fourth-order valence-electron chi connectivity index (χ4n) is 3.54. The number of hydrogen-bond acceptors (Lipinski definition) is 6. The zero-order valence-corrected chi connectivity index (χ0v) is 17.9. The lowest BCUT2D eigenvalue weighted by Crippen LogP contribution is -2.35. The maximum Gasteiger partial charge on any atom is 0.286 e. The van der Waals surface area contributed by atoms with Crippen LogP contribution >= 0.6 is 11.3 Å². The van der Waals surface area contributed by atoms with E-state index in [1.807, 2.05) is 31.2 Å². The van der Waals surface area contributed by atoms with Gasteiger partial charge in [-0.3, -0.25) is 9.59 Å². The van der Waals surface area contributed by atoms with Crippen molar-refractivity contribution < 1.29 is 9.59 Å². The number of anilines is 1. The molecule has 1 heterocycles. The van der Waals surface area contributed by atoms with Gasteiger partial charge in [-0.1, -0.05) is 48.3 Å². The summed E-state index contributed by atoms with van der Waals surface area (Å²) in [7, 11) is 2.17. The Morgan fingerprint density at radius 2 is 1.72 bits per heavy atom. The van der Waals surface area contributed by atoms with E-state index >= 15 is 0 Å².